The molecule has 1 N–H and O–H groups in total. The highest BCUT2D eigenvalue weighted by Gasteiger charge is 2.22. The second kappa shape index (κ2) is 3.48. The van der Waals surface area contributed by atoms with E-state index < -0.39 is 8.23 Å². The summed E-state index contributed by atoms with van der Waals surface area (Å²) < 4.78 is 12.5. The van der Waals surface area contributed by atoms with Gasteiger partial charge in [0, 0.05) is 18.5 Å². The van der Waals surface area contributed by atoms with Crippen molar-refractivity contribution in [2.24, 2.45) is 0 Å². The predicted octanol–water partition coefficient (Wildman–Crippen LogP) is 2.08. The summed E-state index contributed by atoms with van der Waals surface area (Å²) in [5, 5.41) is 3.16. The van der Waals surface area contributed by atoms with E-state index in [0.717, 1.165) is 12.6 Å². The zero-order valence-corrected chi connectivity index (χ0v) is 6.63. The first-order valence-electron chi connectivity index (χ1n) is 3.47. The number of hydrogen-bond donors (Lipinski definition) is 1. The van der Waals surface area contributed by atoms with Crippen molar-refractivity contribution >= 4 is 8.23 Å². The molecule has 0 bridgehead atoms. The normalized spacial score (nSPS) is 35.3. The van der Waals surface area contributed by atoms with Crippen LogP contribution in [0.25, 0.3) is 0 Å². The molecule has 1 aliphatic heterocycles. The van der Waals surface area contributed by atoms with Gasteiger partial charge >= 0.3 is 0 Å². The van der Waals surface area contributed by atoms with E-state index in [0.29, 0.717) is 12.3 Å². The van der Waals surface area contributed by atoms with E-state index in [-0.39, 0.29) is 0 Å². The second-order valence-electron chi connectivity index (χ2n) is 2.49. The van der Waals surface area contributed by atoms with E-state index in [1.54, 1.807) is 0 Å². The molecule has 0 radical (unpaired) electrons. The molecule has 1 saturated heterocycles. The Hall–Kier alpha value is 0.320. The fourth-order valence-corrected chi connectivity index (χ4v) is 2.51. The van der Waals surface area contributed by atoms with Crippen molar-refractivity contribution in [2.75, 3.05) is 12.4 Å². The number of hydrogen-bond acceptors (Lipinski definition) is 1. The van der Waals surface area contributed by atoms with Crippen LogP contribution < -0.4 is 5.32 Å². The molecule has 9 heavy (non-hydrogen) atoms. The van der Waals surface area contributed by atoms with Crippen LogP contribution in [0.4, 0.5) is 4.20 Å². The smallest absolute Gasteiger partial charge is 0.0970 e. The van der Waals surface area contributed by atoms with Gasteiger partial charge in [-0.1, -0.05) is 13.3 Å². The van der Waals surface area contributed by atoms with Gasteiger partial charge in [0.2, 0.25) is 0 Å². The quantitative estimate of drug-likeness (QED) is 0.593. The van der Waals surface area contributed by atoms with Crippen LogP contribution in [0.2, 0.25) is 0 Å². The molecular formula is C6H13FNP. The van der Waals surface area contributed by atoms with Crippen LogP contribution in [0.3, 0.4) is 0 Å². The molecule has 1 aliphatic rings. The molecule has 2 atom stereocenters. The first-order valence-corrected chi connectivity index (χ1v) is 5.07. The molecule has 0 aromatic carbocycles. The molecule has 1 fully saturated rings. The van der Waals surface area contributed by atoms with Crippen LogP contribution in [-0.4, -0.2) is 18.5 Å². The SMILES string of the molecule is CCCC1CP(F)CN1. The Labute approximate surface area is 56.9 Å². The van der Waals surface area contributed by atoms with Gasteiger partial charge in [0.15, 0.2) is 0 Å². The van der Waals surface area contributed by atoms with E-state index in [4.69, 9.17) is 0 Å². The number of halogens is 1. The predicted molar refractivity (Wildman–Crippen MR) is 39.6 cm³/mol. The highest BCUT2D eigenvalue weighted by Crippen LogP contribution is 2.41. The molecule has 0 aliphatic carbocycles. The van der Waals surface area contributed by atoms with Gasteiger partial charge in [-0.15, -0.1) is 0 Å². The van der Waals surface area contributed by atoms with Gasteiger partial charge in [0.05, 0.1) is 8.23 Å². The lowest BCUT2D eigenvalue weighted by Gasteiger charge is -2.04. The zero-order valence-electron chi connectivity index (χ0n) is 5.73. The molecule has 3 heteroatoms. The summed E-state index contributed by atoms with van der Waals surface area (Å²) in [5.41, 5.74) is 0. The Kier molecular flexibility index (Phi) is 2.87. The van der Waals surface area contributed by atoms with Gasteiger partial charge < -0.3 is 5.32 Å². The Balaban J connectivity index is 2.14. The maximum Gasteiger partial charge on any atom is 0.0970 e. The Morgan fingerprint density at radius 1 is 1.78 bits per heavy atom. The first kappa shape index (κ1) is 7.43. The summed E-state index contributed by atoms with van der Waals surface area (Å²) >= 11 is 0. The monoisotopic (exact) mass is 149 g/mol. The molecule has 1 rings (SSSR count). The van der Waals surface area contributed by atoms with Crippen molar-refractivity contribution in [3.63, 3.8) is 0 Å². The minimum Gasteiger partial charge on any atom is -0.307 e. The third kappa shape index (κ3) is 2.19. The minimum atomic E-state index is -1.13. The molecule has 1 heterocycles. The third-order valence-electron chi connectivity index (χ3n) is 1.61. The van der Waals surface area contributed by atoms with Gasteiger partial charge in [-0.2, -0.15) is 0 Å². The fraction of sp³-hybridized carbons (Fsp3) is 1.00. The Morgan fingerprint density at radius 2 is 2.56 bits per heavy atom. The summed E-state index contributed by atoms with van der Waals surface area (Å²) in [4.78, 5) is 0. The van der Waals surface area contributed by atoms with Crippen LogP contribution in [0.15, 0.2) is 0 Å². The Morgan fingerprint density at radius 3 is 3.00 bits per heavy atom. The highest BCUT2D eigenvalue weighted by molar-refractivity contribution is 7.52. The van der Waals surface area contributed by atoms with Gasteiger partial charge in [0.25, 0.3) is 0 Å². The van der Waals surface area contributed by atoms with Gasteiger partial charge in [-0.05, 0) is 6.42 Å². The average molecular weight is 149 g/mol. The first-order chi connectivity index (χ1) is 4.33. The summed E-state index contributed by atoms with van der Waals surface area (Å²) in [5.74, 6) is 0. The molecule has 0 amide bonds. The van der Waals surface area contributed by atoms with E-state index in [2.05, 4.69) is 12.2 Å². The van der Waals surface area contributed by atoms with Gasteiger partial charge in [-0.3, -0.25) is 0 Å². The summed E-state index contributed by atoms with van der Waals surface area (Å²) in [6, 6.07) is 0.492. The van der Waals surface area contributed by atoms with Gasteiger partial charge in [-0.25, -0.2) is 4.20 Å². The lowest BCUT2D eigenvalue weighted by Crippen LogP contribution is -2.22. The maximum atomic E-state index is 12.5. The largest absolute Gasteiger partial charge is 0.307 e. The van der Waals surface area contributed by atoms with Crippen LogP contribution in [-0.2, 0) is 0 Å². The van der Waals surface area contributed by atoms with Crippen molar-refractivity contribution in [3.8, 4) is 0 Å². The van der Waals surface area contributed by atoms with Crippen LogP contribution >= 0.6 is 8.23 Å². The molecule has 0 aromatic rings. The number of nitrogens with one attached hydrogen (secondary N) is 1. The summed E-state index contributed by atoms with van der Waals surface area (Å²) in [6.07, 6.45) is 3.74. The van der Waals surface area contributed by atoms with E-state index in [1.165, 1.54) is 6.42 Å². The molecule has 0 saturated carbocycles. The number of rotatable bonds is 2. The molecule has 2 unspecified atom stereocenters. The molecular weight excluding hydrogens is 136 g/mol. The van der Waals surface area contributed by atoms with E-state index in [1.807, 2.05) is 0 Å². The molecule has 54 valence electrons. The standard InChI is InChI=1S/C6H13FNP/c1-2-3-6-4-9(7)5-8-6/h6,8H,2-5H2,1H3. The van der Waals surface area contributed by atoms with Gasteiger partial charge in [0.1, 0.15) is 0 Å². The van der Waals surface area contributed by atoms with E-state index in [9.17, 15) is 4.20 Å². The minimum absolute atomic E-state index is 0.492. The summed E-state index contributed by atoms with van der Waals surface area (Å²) in [7, 11) is -1.13. The second-order valence-corrected chi connectivity index (χ2v) is 4.10. The van der Waals surface area contributed by atoms with Crippen molar-refractivity contribution < 1.29 is 4.20 Å². The maximum absolute atomic E-state index is 12.5. The van der Waals surface area contributed by atoms with Crippen LogP contribution in [0.5, 0.6) is 0 Å². The third-order valence-corrected chi connectivity index (χ3v) is 2.97. The van der Waals surface area contributed by atoms with Crippen molar-refractivity contribution in [3.05, 3.63) is 0 Å². The molecule has 0 spiro atoms. The van der Waals surface area contributed by atoms with Crippen molar-refractivity contribution in [1.29, 1.82) is 0 Å². The van der Waals surface area contributed by atoms with Crippen LogP contribution in [0, 0.1) is 0 Å². The lowest BCUT2D eigenvalue weighted by molar-refractivity contribution is 0.575. The molecule has 1 nitrogen and oxygen atoms in total. The van der Waals surface area contributed by atoms with Crippen molar-refractivity contribution in [1.82, 2.24) is 5.32 Å². The highest BCUT2D eigenvalue weighted by atomic mass is 31.2. The zero-order chi connectivity index (χ0) is 6.69. The van der Waals surface area contributed by atoms with E-state index >= 15 is 0 Å². The summed E-state index contributed by atoms with van der Waals surface area (Å²) in [6.45, 7) is 2.14. The average Bonchev–Trinajstić information content (AvgIpc) is 2.17. The lowest BCUT2D eigenvalue weighted by atomic mass is 10.2. The van der Waals surface area contributed by atoms with Crippen LogP contribution in [0.1, 0.15) is 19.8 Å². The molecule has 0 aromatic heterocycles. The topological polar surface area (TPSA) is 12.0 Å². The Bertz CT molecular complexity index is 87.1. The fourth-order valence-electron chi connectivity index (χ4n) is 1.14. The van der Waals surface area contributed by atoms with Crippen molar-refractivity contribution in [2.45, 2.75) is 25.8 Å².